The Morgan fingerprint density at radius 2 is 2.16 bits per heavy atom. The first kappa shape index (κ1) is 16.4. The fraction of sp³-hybridized carbons (Fsp3) is 0.579. The summed E-state index contributed by atoms with van der Waals surface area (Å²) in [5.74, 6) is 0.725. The number of ether oxygens (including phenoxy) is 1. The third kappa shape index (κ3) is 2.78. The van der Waals surface area contributed by atoms with Gasteiger partial charge in [-0.05, 0) is 43.7 Å². The zero-order chi connectivity index (χ0) is 17.4. The number of methoxy groups -OCH3 is 1. The summed E-state index contributed by atoms with van der Waals surface area (Å²) in [6.45, 7) is 1.08. The largest absolute Gasteiger partial charge is 0.383 e. The molecule has 1 aliphatic heterocycles. The standard InChI is InChI=1S/C19H25N3O3/c1-25-9-8-20-17(23)15-10-13-7-6-12(15)11-19(13)21-16-5-3-2-4-14(16)18(24)22-19/h2-5,12-13,15,21H,6-11H2,1H3,(H,20,23)(H,22,24)/t12?,13?,15?,19-/m1/s1. The number of amides is 2. The van der Waals surface area contributed by atoms with E-state index >= 15 is 0 Å². The summed E-state index contributed by atoms with van der Waals surface area (Å²) in [5.41, 5.74) is 1.20. The molecule has 2 amide bonds. The van der Waals surface area contributed by atoms with Gasteiger partial charge in [-0.15, -0.1) is 0 Å². The number of hydrogen-bond donors (Lipinski definition) is 3. The first-order chi connectivity index (χ1) is 12.1. The van der Waals surface area contributed by atoms with Crippen molar-refractivity contribution in [1.29, 1.82) is 0 Å². The number of carbonyl (C=O) groups is 2. The average Bonchev–Trinajstić information content (AvgIpc) is 2.62. The van der Waals surface area contributed by atoms with Crippen molar-refractivity contribution in [3.8, 4) is 0 Å². The van der Waals surface area contributed by atoms with Gasteiger partial charge in [-0.2, -0.15) is 0 Å². The predicted octanol–water partition coefficient (Wildman–Crippen LogP) is 1.74. The van der Waals surface area contributed by atoms with Crippen LogP contribution in [0.15, 0.2) is 24.3 Å². The average molecular weight is 343 g/mol. The van der Waals surface area contributed by atoms with E-state index in [0.717, 1.165) is 31.4 Å². The highest BCUT2D eigenvalue weighted by Crippen LogP contribution is 2.51. The number of para-hydroxylation sites is 1. The normalized spacial score (nSPS) is 32.7. The van der Waals surface area contributed by atoms with Crippen LogP contribution in [0.25, 0.3) is 0 Å². The molecular formula is C19H25N3O3. The Balaban J connectivity index is 1.51. The molecule has 4 aliphatic rings. The summed E-state index contributed by atoms with van der Waals surface area (Å²) in [5, 5.41) is 9.81. The van der Waals surface area contributed by atoms with Crippen molar-refractivity contribution in [3.63, 3.8) is 0 Å². The lowest BCUT2D eigenvalue weighted by atomic mass is 9.58. The molecule has 0 saturated heterocycles. The van der Waals surface area contributed by atoms with E-state index in [-0.39, 0.29) is 23.7 Å². The van der Waals surface area contributed by atoms with Crippen LogP contribution in [0.5, 0.6) is 0 Å². The Hall–Kier alpha value is -2.08. The molecule has 3 N–H and O–H groups in total. The smallest absolute Gasteiger partial charge is 0.255 e. The molecule has 3 unspecified atom stereocenters. The maximum absolute atomic E-state index is 12.6. The van der Waals surface area contributed by atoms with Crippen molar-refractivity contribution in [3.05, 3.63) is 29.8 Å². The molecule has 3 saturated carbocycles. The molecule has 25 heavy (non-hydrogen) atoms. The van der Waals surface area contributed by atoms with Crippen LogP contribution >= 0.6 is 0 Å². The maximum atomic E-state index is 12.6. The van der Waals surface area contributed by atoms with Crippen molar-refractivity contribution < 1.29 is 14.3 Å². The maximum Gasteiger partial charge on any atom is 0.255 e. The van der Waals surface area contributed by atoms with Crippen molar-refractivity contribution in [2.75, 3.05) is 25.6 Å². The first-order valence-corrected chi connectivity index (χ1v) is 9.09. The van der Waals surface area contributed by atoms with Crippen LogP contribution in [0, 0.1) is 17.8 Å². The number of anilines is 1. The molecule has 4 atom stereocenters. The van der Waals surface area contributed by atoms with E-state index < -0.39 is 5.66 Å². The topological polar surface area (TPSA) is 79.5 Å². The van der Waals surface area contributed by atoms with Gasteiger partial charge in [-0.3, -0.25) is 9.59 Å². The summed E-state index contributed by atoms with van der Waals surface area (Å²) in [6, 6.07) is 7.64. The van der Waals surface area contributed by atoms with Crippen molar-refractivity contribution >= 4 is 17.5 Å². The van der Waals surface area contributed by atoms with Gasteiger partial charge >= 0.3 is 0 Å². The zero-order valence-corrected chi connectivity index (χ0v) is 14.5. The number of benzene rings is 1. The van der Waals surface area contributed by atoms with E-state index in [0.29, 0.717) is 24.6 Å². The van der Waals surface area contributed by atoms with Gasteiger partial charge in [0.25, 0.3) is 5.91 Å². The molecule has 1 spiro atoms. The Labute approximate surface area is 147 Å². The Morgan fingerprint density at radius 3 is 2.92 bits per heavy atom. The second kappa shape index (κ2) is 6.33. The van der Waals surface area contributed by atoms with Gasteiger partial charge in [-0.1, -0.05) is 12.1 Å². The Bertz CT molecular complexity index is 692. The van der Waals surface area contributed by atoms with E-state index in [9.17, 15) is 9.59 Å². The van der Waals surface area contributed by atoms with Gasteiger partial charge in [0, 0.05) is 31.2 Å². The zero-order valence-electron chi connectivity index (χ0n) is 14.5. The molecular weight excluding hydrogens is 318 g/mol. The van der Waals surface area contributed by atoms with Crippen LogP contribution in [-0.4, -0.2) is 37.7 Å². The third-order valence-electron chi connectivity index (χ3n) is 6.08. The molecule has 0 aromatic heterocycles. The lowest BCUT2D eigenvalue weighted by Crippen LogP contribution is -2.68. The van der Waals surface area contributed by atoms with Crippen molar-refractivity contribution in [2.24, 2.45) is 17.8 Å². The Kier molecular flexibility index (Phi) is 4.15. The molecule has 3 aliphatic carbocycles. The van der Waals surface area contributed by atoms with Gasteiger partial charge in [0.15, 0.2) is 0 Å². The van der Waals surface area contributed by atoms with Crippen molar-refractivity contribution in [1.82, 2.24) is 10.6 Å². The Morgan fingerprint density at radius 1 is 1.32 bits per heavy atom. The predicted molar refractivity (Wildman–Crippen MR) is 94.1 cm³/mol. The van der Waals surface area contributed by atoms with E-state index in [4.69, 9.17) is 4.74 Å². The van der Waals surface area contributed by atoms with Gasteiger partial charge in [0.05, 0.1) is 12.2 Å². The molecule has 1 heterocycles. The molecule has 1 aromatic rings. The molecule has 6 heteroatoms. The number of fused-ring (bicyclic) bond motifs is 3. The highest BCUT2D eigenvalue weighted by atomic mass is 16.5. The quantitative estimate of drug-likeness (QED) is 0.728. The third-order valence-corrected chi connectivity index (χ3v) is 6.08. The minimum absolute atomic E-state index is 0.0111. The minimum atomic E-state index is -0.405. The van der Waals surface area contributed by atoms with E-state index in [2.05, 4.69) is 16.0 Å². The van der Waals surface area contributed by atoms with Crippen LogP contribution in [0.2, 0.25) is 0 Å². The molecule has 1 aromatic carbocycles. The van der Waals surface area contributed by atoms with E-state index in [1.54, 1.807) is 7.11 Å². The van der Waals surface area contributed by atoms with Gasteiger partial charge in [-0.25, -0.2) is 0 Å². The van der Waals surface area contributed by atoms with E-state index in [1.165, 1.54) is 0 Å². The molecule has 5 rings (SSSR count). The molecule has 134 valence electrons. The fourth-order valence-corrected chi connectivity index (χ4v) is 4.87. The van der Waals surface area contributed by atoms with Crippen LogP contribution in [-0.2, 0) is 9.53 Å². The van der Waals surface area contributed by atoms with Crippen LogP contribution in [0.4, 0.5) is 5.69 Å². The fourth-order valence-electron chi connectivity index (χ4n) is 4.87. The SMILES string of the molecule is COCCNC(=O)C1CC2CCC1C[C@@]21NC(=O)c2ccccc2N1. The summed E-state index contributed by atoms with van der Waals surface area (Å²) >= 11 is 0. The lowest BCUT2D eigenvalue weighted by molar-refractivity contribution is -0.132. The summed E-state index contributed by atoms with van der Waals surface area (Å²) in [7, 11) is 1.63. The minimum Gasteiger partial charge on any atom is -0.383 e. The highest BCUT2D eigenvalue weighted by molar-refractivity contribution is 6.02. The molecule has 6 nitrogen and oxygen atoms in total. The monoisotopic (exact) mass is 343 g/mol. The summed E-state index contributed by atoms with van der Waals surface area (Å²) < 4.78 is 5.00. The second-order valence-electron chi connectivity index (χ2n) is 7.46. The van der Waals surface area contributed by atoms with Gasteiger partial charge in [0.1, 0.15) is 5.66 Å². The van der Waals surface area contributed by atoms with Crippen LogP contribution < -0.4 is 16.0 Å². The van der Waals surface area contributed by atoms with Crippen LogP contribution in [0.1, 0.15) is 36.0 Å². The first-order valence-electron chi connectivity index (χ1n) is 9.09. The van der Waals surface area contributed by atoms with E-state index in [1.807, 2.05) is 24.3 Å². The second-order valence-corrected chi connectivity index (χ2v) is 7.46. The summed E-state index contributed by atoms with van der Waals surface area (Å²) in [4.78, 5) is 25.1. The number of rotatable bonds is 4. The molecule has 2 bridgehead atoms. The van der Waals surface area contributed by atoms with Crippen LogP contribution in [0.3, 0.4) is 0 Å². The number of nitrogens with one attached hydrogen (secondary N) is 3. The summed E-state index contributed by atoms with van der Waals surface area (Å²) in [6.07, 6.45) is 3.72. The molecule has 0 radical (unpaired) electrons. The molecule has 3 fully saturated rings. The van der Waals surface area contributed by atoms with Gasteiger partial charge in [0.2, 0.25) is 5.91 Å². The number of hydrogen-bond acceptors (Lipinski definition) is 4. The highest BCUT2D eigenvalue weighted by Gasteiger charge is 2.55. The number of carbonyl (C=O) groups excluding carboxylic acids is 2. The van der Waals surface area contributed by atoms with Crippen molar-refractivity contribution in [2.45, 2.75) is 31.3 Å². The lowest BCUT2D eigenvalue weighted by Gasteiger charge is -2.56. The van der Waals surface area contributed by atoms with Gasteiger partial charge < -0.3 is 20.7 Å².